The van der Waals surface area contributed by atoms with Gasteiger partial charge in [0, 0.05) is 25.1 Å². The molecule has 0 bridgehead atoms. The third-order valence-corrected chi connectivity index (χ3v) is 5.40. The molecule has 1 aliphatic carbocycles. The van der Waals surface area contributed by atoms with Crippen molar-refractivity contribution in [2.24, 2.45) is 0 Å². The van der Waals surface area contributed by atoms with Gasteiger partial charge in [0.15, 0.2) is 0 Å². The zero-order valence-electron chi connectivity index (χ0n) is 13.0. The van der Waals surface area contributed by atoms with Gasteiger partial charge in [0.2, 0.25) is 5.88 Å². The number of nitrogens with zero attached hydrogens (tertiary/aromatic N) is 3. The van der Waals surface area contributed by atoms with Gasteiger partial charge in [-0.1, -0.05) is 0 Å². The highest BCUT2D eigenvalue weighted by Crippen LogP contribution is 2.39. The summed E-state index contributed by atoms with van der Waals surface area (Å²) < 4.78 is 66.7. The summed E-state index contributed by atoms with van der Waals surface area (Å²) in [5.74, 6) is -0.440. The van der Waals surface area contributed by atoms with E-state index in [-0.39, 0.29) is 37.5 Å². The van der Waals surface area contributed by atoms with Crippen LogP contribution in [-0.4, -0.2) is 52.9 Å². The lowest BCUT2D eigenvalue weighted by molar-refractivity contribution is -0.0503. The normalized spacial score (nSPS) is 19.1. The van der Waals surface area contributed by atoms with Crippen molar-refractivity contribution in [3.8, 4) is 5.88 Å². The first kappa shape index (κ1) is 17.8. The van der Waals surface area contributed by atoms with E-state index < -0.39 is 27.6 Å². The summed E-state index contributed by atoms with van der Waals surface area (Å²) in [7, 11) is -5.83. The molecule has 1 N–H and O–H groups in total. The monoisotopic (exact) mass is 383 g/mol. The van der Waals surface area contributed by atoms with E-state index in [0.717, 1.165) is 11.3 Å². The lowest BCUT2D eigenvalue weighted by Gasteiger charge is -2.27. The molecule has 1 aromatic rings. The maximum absolute atomic E-state index is 12.7. The van der Waals surface area contributed by atoms with Crippen LogP contribution in [0.3, 0.4) is 0 Å². The molecule has 12 heteroatoms. The molecule has 1 fully saturated rings. The van der Waals surface area contributed by atoms with E-state index in [4.69, 9.17) is 5.11 Å². The molecule has 1 aliphatic heterocycles. The first-order valence-corrected chi connectivity index (χ1v) is 9.10. The second kappa shape index (κ2) is 6.07. The molecular weight excluding hydrogens is 367 g/mol. The minimum atomic E-state index is -5.83. The number of rotatable bonds is 3. The van der Waals surface area contributed by atoms with Crippen molar-refractivity contribution in [1.29, 1.82) is 0 Å². The van der Waals surface area contributed by atoms with Crippen LogP contribution in [0.15, 0.2) is 0 Å². The van der Waals surface area contributed by atoms with E-state index >= 15 is 0 Å². The standard InChI is InChI=1S/C13H16F3N3O5S/c14-13(15,16)25(22,23)24-11-9-4-6-18(12(20)21)7-5-10(9)17-19(11)8-2-1-3-8/h8H,1-7H2,(H,20,21). The van der Waals surface area contributed by atoms with Crippen molar-refractivity contribution in [2.75, 3.05) is 13.1 Å². The predicted octanol–water partition coefficient (Wildman–Crippen LogP) is 1.92. The fraction of sp³-hybridized carbons (Fsp3) is 0.692. The van der Waals surface area contributed by atoms with E-state index in [9.17, 15) is 26.4 Å². The Labute approximate surface area is 141 Å². The van der Waals surface area contributed by atoms with Gasteiger partial charge in [-0.2, -0.15) is 26.7 Å². The number of hydrogen-bond donors (Lipinski definition) is 1. The van der Waals surface area contributed by atoms with E-state index in [1.165, 1.54) is 4.68 Å². The highest BCUT2D eigenvalue weighted by Gasteiger charge is 2.50. The van der Waals surface area contributed by atoms with Crippen LogP contribution in [0.5, 0.6) is 5.88 Å². The number of fused-ring (bicyclic) bond motifs is 1. The Bertz CT molecular complexity index is 786. The molecule has 8 nitrogen and oxygen atoms in total. The molecule has 25 heavy (non-hydrogen) atoms. The molecule has 0 spiro atoms. The number of alkyl halides is 3. The maximum Gasteiger partial charge on any atom is 0.534 e. The average molecular weight is 383 g/mol. The summed E-state index contributed by atoms with van der Waals surface area (Å²) in [4.78, 5) is 12.2. The molecule has 2 heterocycles. The van der Waals surface area contributed by atoms with Gasteiger partial charge in [0.05, 0.1) is 11.7 Å². The minimum absolute atomic E-state index is 0.0289. The second-order valence-corrected chi connectivity index (χ2v) is 7.55. The number of halogens is 3. The van der Waals surface area contributed by atoms with Crippen LogP contribution in [0.1, 0.15) is 36.6 Å². The van der Waals surface area contributed by atoms with E-state index in [0.29, 0.717) is 18.5 Å². The number of amides is 1. The Morgan fingerprint density at radius 2 is 1.88 bits per heavy atom. The van der Waals surface area contributed by atoms with Gasteiger partial charge in [-0.3, -0.25) is 0 Å². The van der Waals surface area contributed by atoms with Crippen LogP contribution in [0, 0.1) is 0 Å². The van der Waals surface area contributed by atoms with Gasteiger partial charge in [-0.15, -0.1) is 0 Å². The van der Waals surface area contributed by atoms with Crippen molar-refractivity contribution in [1.82, 2.24) is 14.7 Å². The van der Waals surface area contributed by atoms with Crippen molar-refractivity contribution in [2.45, 2.75) is 43.7 Å². The van der Waals surface area contributed by atoms with E-state index in [1.807, 2.05) is 0 Å². The average Bonchev–Trinajstić information content (AvgIpc) is 2.63. The Balaban J connectivity index is 1.98. The molecule has 0 atom stereocenters. The molecule has 0 unspecified atom stereocenters. The van der Waals surface area contributed by atoms with Crippen LogP contribution in [0.25, 0.3) is 0 Å². The van der Waals surface area contributed by atoms with Crippen LogP contribution < -0.4 is 4.18 Å². The zero-order chi connectivity index (χ0) is 18.4. The molecule has 1 saturated carbocycles. The van der Waals surface area contributed by atoms with Crippen molar-refractivity contribution >= 4 is 16.2 Å². The van der Waals surface area contributed by atoms with E-state index in [2.05, 4.69) is 9.28 Å². The molecule has 140 valence electrons. The van der Waals surface area contributed by atoms with Gasteiger partial charge in [-0.25, -0.2) is 9.48 Å². The van der Waals surface area contributed by atoms with Crippen LogP contribution >= 0.6 is 0 Å². The molecular formula is C13H16F3N3O5S. The van der Waals surface area contributed by atoms with Crippen LogP contribution in [-0.2, 0) is 23.0 Å². The number of aromatic nitrogens is 2. The van der Waals surface area contributed by atoms with Crippen molar-refractivity contribution in [3.05, 3.63) is 11.3 Å². The first-order chi connectivity index (χ1) is 11.6. The Hall–Kier alpha value is -1.98. The lowest BCUT2D eigenvalue weighted by atomic mass is 9.93. The molecule has 2 aliphatic rings. The summed E-state index contributed by atoms with van der Waals surface area (Å²) in [5, 5.41) is 13.3. The smallest absolute Gasteiger partial charge is 0.465 e. The predicted molar refractivity (Wildman–Crippen MR) is 77.7 cm³/mol. The molecule has 0 saturated heterocycles. The Morgan fingerprint density at radius 1 is 1.24 bits per heavy atom. The largest absolute Gasteiger partial charge is 0.534 e. The highest BCUT2D eigenvalue weighted by molar-refractivity contribution is 7.87. The SMILES string of the molecule is O=C(O)N1CCc2nn(C3CCC3)c(OS(=O)(=O)C(F)(F)F)c2CC1. The van der Waals surface area contributed by atoms with Crippen molar-refractivity contribution < 1.29 is 35.7 Å². The Morgan fingerprint density at radius 3 is 2.40 bits per heavy atom. The fourth-order valence-corrected chi connectivity index (χ4v) is 3.34. The quantitative estimate of drug-likeness (QED) is 0.632. The molecule has 1 amide bonds. The van der Waals surface area contributed by atoms with E-state index in [1.54, 1.807) is 0 Å². The third-order valence-electron chi connectivity index (χ3n) is 4.46. The Kier molecular flexibility index (Phi) is 4.33. The molecule has 3 rings (SSSR count). The summed E-state index contributed by atoms with van der Waals surface area (Å²) >= 11 is 0. The maximum atomic E-state index is 12.7. The third kappa shape index (κ3) is 3.26. The van der Waals surface area contributed by atoms with Crippen LogP contribution in [0.4, 0.5) is 18.0 Å². The summed E-state index contributed by atoms with van der Waals surface area (Å²) in [5.41, 5.74) is -4.95. The highest BCUT2D eigenvalue weighted by atomic mass is 32.2. The zero-order valence-corrected chi connectivity index (χ0v) is 13.8. The summed E-state index contributed by atoms with van der Waals surface area (Å²) in [6, 6.07) is -0.207. The molecule has 0 aromatic carbocycles. The fourth-order valence-electron chi connectivity index (χ4n) is 2.86. The lowest BCUT2D eigenvalue weighted by Crippen LogP contribution is -2.32. The van der Waals surface area contributed by atoms with Gasteiger partial charge in [0.1, 0.15) is 0 Å². The van der Waals surface area contributed by atoms with Crippen LogP contribution in [0.2, 0.25) is 0 Å². The first-order valence-electron chi connectivity index (χ1n) is 7.69. The number of hydrogen-bond acceptors (Lipinski definition) is 5. The summed E-state index contributed by atoms with van der Waals surface area (Å²) in [6.07, 6.45) is 1.28. The van der Waals surface area contributed by atoms with Gasteiger partial charge in [-0.05, 0) is 25.7 Å². The topological polar surface area (TPSA) is 102 Å². The molecule has 0 radical (unpaired) electrons. The van der Waals surface area contributed by atoms with Gasteiger partial charge < -0.3 is 14.2 Å². The summed E-state index contributed by atoms with van der Waals surface area (Å²) in [6.45, 7) is 0.163. The number of carbonyl (C=O) groups is 1. The van der Waals surface area contributed by atoms with Gasteiger partial charge >= 0.3 is 21.7 Å². The minimum Gasteiger partial charge on any atom is -0.465 e. The van der Waals surface area contributed by atoms with Crippen molar-refractivity contribution in [3.63, 3.8) is 0 Å². The molecule has 1 aromatic heterocycles. The number of carboxylic acid groups (broad SMARTS) is 1. The second-order valence-electron chi connectivity index (χ2n) is 6.01. The van der Waals surface area contributed by atoms with Gasteiger partial charge in [0.25, 0.3) is 0 Å².